The molecule has 0 saturated carbocycles. The molecule has 2 aromatic carbocycles. The first-order valence-corrected chi connectivity index (χ1v) is 17.0. The molecule has 3 atom stereocenters. The summed E-state index contributed by atoms with van der Waals surface area (Å²) in [7, 11) is 1.27. The maximum Gasteiger partial charge on any atom is 0.407 e. The monoisotopic (exact) mass is 687 g/mol. The Morgan fingerprint density at radius 2 is 2.02 bits per heavy atom. The van der Waals surface area contributed by atoms with Crippen molar-refractivity contribution in [3.8, 4) is 28.3 Å². The second-order valence-electron chi connectivity index (χ2n) is 12.6. The highest BCUT2D eigenvalue weighted by Crippen LogP contribution is 2.48. The molecule has 2 aliphatic rings. The number of methoxy groups -OCH3 is 1. The van der Waals surface area contributed by atoms with Gasteiger partial charge in [-0.2, -0.15) is 0 Å². The van der Waals surface area contributed by atoms with Crippen LogP contribution in [-0.2, 0) is 9.53 Å². The number of hydrogen-bond acceptors (Lipinski definition) is 6. The van der Waals surface area contributed by atoms with Gasteiger partial charge in [0.25, 0.3) is 0 Å². The number of ether oxygens (including phenoxy) is 2. The number of aromatic nitrogens is 3. The molecule has 2 N–H and O–H groups in total. The lowest BCUT2D eigenvalue weighted by atomic mass is 10.0. The normalized spacial score (nSPS) is 17.6. The van der Waals surface area contributed by atoms with Crippen LogP contribution in [0.5, 0.6) is 5.75 Å². The lowest BCUT2D eigenvalue weighted by molar-refractivity contribution is -0.135. The van der Waals surface area contributed by atoms with E-state index in [1.165, 1.54) is 13.2 Å². The summed E-state index contributed by atoms with van der Waals surface area (Å²) in [6, 6.07) is 13.9. The van der Waals surface area contributed by atoms with Gasteiger partial charge in [0.2, 0.25) is 12.1 Å². The van der Waals surface area contributed by atoms with E-state index in [1.54, 1.807) is 22.4 Å². The van der Waals surface area contributed by atoms with Crippen LogP contribution in [0.4, 0.5) is 9.18 Å². The van der Waals surface area contributed by atoms with Gasteiger partial charge in [-0.1, -0.05) is 32.0 Å². The zero-order chi connectivity index (χ0) is 33.9. The number of rotatable bonds is 7. The van der Waals surface area contributed by atoms with E-state index in [1.807, 2.05) is 67.8 Å². The van der Waals surface area contributed by atoms with Gasteiger partial charge in [-0.05, 0) is 79.8 Å². The number of benzene rings is 2. The molecule has 0 bridgehead atoms. The van der Waals surface area contributed by atoms with Crippen LogP contribution >= 0.6 is 22.9 Å². The van der Waals surface area contributed by atoms with Crippen molar-refractivity contribution in [3.63, 3.8) is 0 Å². The Balaban J connectivity index is 1.25. The average molecular weight is 688 g/mol. The van der Waals surface area contributed by atoms with Crippen molar-refractivity contribution >= 4 is 51.4 Å². The van der Waals surface area contributed by atoms with Crippen LogP contribution in [0, 0.1) is 11.7 Å². The summed E-state index contributed by atoms with van der Waals surface area (Å²) in [4.78, 5) is 37.3. The van der Waals surface area contributed by atoms with Gasteiger partial charge in [0.05, 0.1) is 46.7 Å². The van der Waals surface area contributed by atoms with E-state index in [9.17, 15) is 9.59 Å². The Morgan fingerprint density at radius 3 is 2.75 bits per heavy atom. The van der Waals surface area contributed by atoms with Gasteiger partial charge in [0, 0.05) is 27.4 Å². The fourth-order valence-corrected chi connectivity index (χ4v) is 7.78. The first-order chi connectivity index (χ1) is 23.0. The molecule has 9 nitrogen and oxygen atoms in total. The van der Waals surface area contributed by atoms with Crippen LogP contribution in [0.25, 0.3) is 39.0 Å². The van der Waals surface area contributed by atoms with Gasteiger partial charge < -0.3 is 24.7 Å². The van der Waals surface area contributed by atoms with Crippen LogP contribution in [0.2, 0.25) is 5.02 Å². The zero-order valence-corrected chi connectivity index (χ0v) is 28.5. The second-order valence-corrected chi connectivity index (χ2v) is 14.2. The molecule has 0 spiro atoms. The van der Waals surface area contributed by atoms with Crippen molar-refractivity contribution in [2.75, 3.05) is 13.7 Å². The predicted molar refractivity (Wildman–Crippen MR) is 186 cm³/mol. The average Bonchev–Trinajstić information content (AvgIpc) is 3.87. The van der Waals surface area contributed by atoms with Crippen molar-refractivity contribution in [1.82, 2.24) is 24.8 Å². The Morgan fingerprint density at radius 1 is 1.21 bits per heavy atom. The molecule has 1 fully saturated rings. The number of allylic oxidation sites excluding steroid dienone is 1. The number of likely N-dealkylation sites (tertiary alicyclic amines) is 1. The molecule has 248 valence electrons. The molecule has 3 aromatic heterocycles. The number of hydrogen-bond donors (Lipinski definition) is 2. The Labute approximate surface area is 286 Å². The third-order valence-electron chi connectivity index (χ3n) is 9.02. The van der Waals surface area contributed by atoms with Crippen LogP contribution in [0.1, 0.15) is 61.5 Å². The summed E-state index contributed by atoms with van der Waals surface area (Å²) in [5.41, 5.74) is 4.06. The van der Waals surface area contributed by atoms with Crippen molar-refractivity contribution in [3.05, 3.63) is 87.7 Å². The number of nitrogens with zero attached hydrogens (tertiary/aromatic N) is 3. The first kappa shape index (κ1) is 32.0. The Bertz CT molecular complexity index is 2080. The third-order valence-corrected chi connectivity index (χ3v) is 10.5. The molecule has 2 amide bonds. The fourth-order valence-electron chi connectivity index (χ4n) is 6.65. The van der Waals surface area contributed by atoms with E-state index in [4.69, 9.17) is 21.1 Å². The molecule has 0 aliphatic carbocycles. The lowest BCUT2D eigenvalue weighted by Gasteiger charge is -2.30. The van der Waals surface area contributed by atoms with E-state index in [2.05, 4.69) is 21.9 Å². The van der Waals surface area contributed by atoms with Crippen molar-refractivity contribution in [2.45, 2.75) is 51.9 Å². The molecule has 5 aromatic rings. The number of H-pyrrole nitrogens is 1. The number of alkyl carbamates (subject to hydrolysis) is 1. The second kappa shape index (κ2) is 12.4. The van der Waals surface area contributed by atoms with E-state index < -0.39 is 24.2 Å². The summed E-state index contributed by atoms with van der Waals surface area (Å²) in [6.07, 6.45) is 1.94. The summed E-state index contributed by atoms with van der Waals surface area (Å²) in [5.74, 6) is 0.215. The number of carbonyl (C=O) groups is 2. The first-order valence-electron chi connectivity index (χ1n) is 15.8. The largest absolute Gasteiger partial charge is 0.464 e. The number of thiophene rings is 1. The van der Waals surface area contributed by atoms with Crippen LogP contribution < -0.4 is 10.1 Å². The molecule has 1 saturated heterocycles. The lowest BCUT2D eigenvalue weighted by Crippen LogP contribution is -2.51. The molecule has 7 rings (SSSR count). The number of aromatic amines is 1. The summed E-state index contributed by atoms with van der Waals surface area (Å²) < 4.78 is 29.7. The van der Waals surface area contributed by atoms with Gasteiger partial charge in [-0.25, -0.2) is 14.2 Å². The van der Waals surface area contributed by atoms with Crippen molar-refractivity contribution in [2.24, 2.45) is 5.92 Å². The molecule has 48 heavy (non-hydrogen) atoms. The fraction of sp³-hybridized carbons (Fsp3) is 0.306. The minimum Gasteiger partial charge on any atom is -0.464 e. The molecule has 12 heteroatoms. The summed E-state index contributed by atoms with van der Waals surface area (Å²) >= 11 is 7.94. The van der Waals surface area contributed by atoms with Crippen LogP contribution in [0.3, 0.4) is 0 Å². The van der Waals surface area contributed by atoms with E-state index in [0.717, 1.165) is 32.7 Å². The van der Waals surface area contributed by atoms with Gasteiger partial charge in [-0.3, -0.25) is 9.36 Å². The number of carbonyl (C=O) groups excluding carboxylic acids is 2. The molecule has 0 radical (unpaired) electrons. The van der Waals surface area contributed by atoms with Gasteiger partial charge in [0.1, 0.15) is 23.4 Å². The number of amides is 2. The zero-order valence-electron chi connectivity index (χ0n) is 27.0. The molecule has 2 aliphatic heterocycles. The summed E-state index contributed by atoms with van der Waals surface area (Å²) in [6.45, 7) is 10.3. The van der Waals surface area contributed by atoms with E-state index >= 15 is 4.39 Å². The highest BCUT2D eigenvalue weighted by molar-refractivity contribution is 7.13. The third kappa shape index (κ3) is 5.54. The number of fused-ring (bicyclic) bond motifs is 5. The maximum atomic E-state index is 16.3. The van der Waals surface area contributed by atoms with Gasteiger partial charge >= 0.3 is 6.09 Å². The van der Waals surface area contributed by atoms with E-state index in [0.29, 0.717) is 52.1 Å². The number of nitrogens with one attached hydrogen (secondary N) is 2. The highest BCUT2D eigenvalue weighted by atomic mass is 35.5. The number of imidazole rings is 1. The molecule has 1 unspecified atom stereocenters. The van der Waals surface area contributed by atoms with E-state index in [-0.39, 0.29) is 17.9 Å². The standard InChI is InChI=1S/C36H35ClFN5O4S/c1-18(2)29-10-11-30(48-29)35-43-25-9-8-22(37)13-21(25)15-27(43)31-23(38)14-20(16-28(31)47-35)24-17-39-33(40-24)26-7-6-12-42(26)34(44)32(19(3)4)41-36(45)46-5/h8-11,13-17,19,26,32,35H,1,6-7,12H2,2-5H3,(H,39,40)(H,41,45)/t26-,32-,35?/m0/s1. The molecular formula is C36H35ClFN5O4S. The SMILES string of the molecule is C=C(C)c1ccc(C2Oc3cc(-c4cnc([C@@H]5CCCN5C(=O)[C@@H](NC(=O)OC)C(C)C)[nH]4)cc(F)c3-c3cc4cc(Cl)ccc4n32)s1. The smallest absolute Gasteiger partial charge is 0.407 e. The number of halogens is 2. The van der Waals surface area contributed by atoms with Crippen LogP contribution in [-0.4, -0.2) is 51.1 Å². The summed E-state index contributed by atoms with van der Waals surface area (Å²) in [5, 5.41) is 4.15. The Kier molecular flexibility index (Phi) is 8.29. The minimum absolute atomic E-state index is 0.149. The highest BCUT2D eigenvalue weighted by Gasteiger charge is 2.38. The van der Waals surface area contributed by atoms with Gasteiger partial charge in [0.15, 0.2) is 0 Å². The Hall–Kier alpha value is -4.61. The quantitative estimate of drug-likeness (QED) is 0.179. The predicted octanol–water partition coefficient (Wildman–Crippen LogP) is 8.57. The van der Waals surface area contributed by atoms with Gasteiger partial charge in [-0.15, -0.1) is 11.3 Å². The molecule has 5 heterocycles. The topological polar surface area (TPSA) is 101 Å². The van der Waals surface area contributed by atoms with Crippen molar-refractivity contribution < 1.29 is 23.5 Å². The molecular weight excluding hydrogens is 653 g/mol. The van der Waals surface area contributed by atoms with Crippen LogP contribution in [0.15, 0.2) is 61.3 Å². The van der Waals surface area contributed by atoms with Crippen molar-refractivity contribution in [1.29, 1.82) is 0 Å². The maximum absolute atomic E-state index is 16.3. The minimum atomic E-state index is -0.742.